The largest absolute Gasteiger partial charge is 0.478 e. The standard InChI is InChI=1S/C11H8F2O3/c1-5-2-7(11(14)15)3-6-4-8(10(12)13)16-9(5)6/h2-4,10H,1H3,(H,14,15). The lowest BCUT2D eigenvalue weighted by Gasteiger charge is -1.98. The molecule has 2 rings (SSSR count). The third-order valence-electron chi connectivity index (χ3n) is 2.28. The molecule has 1 N–H and O–H groups in total. The van der Waals surface area contributed by atoms with E-state index in [9.17, 15) is 13.6 Å². The minimum absolute atomic E-state index is 0.0617. The number of hydrogen-bond donors (Lipinski definition) is 1. The summed E-state index contributed by atoms with van der Waals surface area (Å²) in [6.45, 7) is 1.62. The number of fused-ring (bicyclic) bond motifs is 1. The third kappa shape index (κ3) is 1.64. The minimum Gasteiger partial charge on any atom is -0.478 e. The molecular weight excluding hydrogens is 218 g/mol. The lowest BCUT2D eigenvalue weighted by Crippen LogP contribution is -1.96. The van der Waals surface area contributed by atoms with E-state index >= 15 is 0 Å². The molecule has 0 aliphatic rings. The molecule has 2 aromatic rings. The van der Waals surface area contributed by atoms with Gasteiger partial charge >= 0.3 is 5.97 Å². The monoisotopic (exact) mass is 226 g/mol. The first-order valence-electron chi connectivity index (χ1n) is 4.54. The number of carboxylic acid groups (broad SMARTS) is 1. The summed E-state index contributed by atoms with van der Waals surface area (Å²) in [4.78, 5) is 10.8. The molecule has 0 fully saturated rings. The molecular formula is C11H8F2O3. The van der Waals surface area contributed by atoms with Crippen molar-refractivity contribution in [3.8, 4) is 0 Å². The fourth-order valence-electron chi connectivity index (χ4n) is 1.58. The molecule has 0 spiro atoms. The van der Waals surface area contributed by atoms with Crippen LogP contribution in [0.25, 0.3) is 11.0 Å². The average Bonchev–Trinajstić information content (AvgIpc) is 2.61. The summed E-state index contributed by atoms with van der Waals surface area (Å²) in [5, 5.41) is 9.19. The quantitative estimate of drug-likeness (QED) is 0.853. The average molecular weight is 226 g/mol. The number of alkyl halides is 2. The van der Waals surface area contributed by atoms with E-state index in [0.29, 0.717) is 16.5 Å². The van der Waals surface area contributed by atoms with Gasteiger partial charge in [0.15, 0.2) is 5.76 Å². The third-order valence-corrected chi connectivity index (χ3v) is 2.28. The van der Waals surface area contributed by atoms with Crippen LogP contribution in [0.2, 0.25) is 0 Å². The van der Waals surface area contributed by atoms with Crippen molar-refractivity contribution in [1.82, 2.24) is 0 Å². The molecule has 16 heavy (non-hydrogen) atoms. The predicted octanol–water partition coefficient (Wildman–Crippen LogP) is 3.38. The van der Waals surface area contributed by atoms with Gasteiger partial charge in [0, 0.05) is 5.39 Å². The van der Waals surface area contributed by atoms with Crippen LogP contribution < -0.4 is 0 Å². The van der Waals surface area contributed by atoms with E-state index in [4.69, 9.17) is 9.52 Å². The van der Waals surface area contributed by atoms with Crippen molar-refractivity contribution in [2.75, 3.05) is 0 Å². The number of carbonyl (C=O) groups is 1. The topological polar surface area (TPSA) is 50.4 Å². The Hall–Kier alpha value is -1.91. The number of aryl methyl sites for hydroxylation is 1. The second-order valence-corrected chi connectivity index (χ2v) is 3.47. The van der Waals surface area contributed by atoms with Crippen LogP contribution >= 0.6 is 0 Å². The summed E-state index contributed by atoms with van der Waals surface area (Å²) >= 11 is 0. The highest BCUT2D eigenvalue weighted by atomic mass is 19.3. The number of hydrogen-bond acceptors (Lipinski definition) is 2. The van der Waals surface area contributed by atoms with Crippen molar-refractivity contribution in [3.05, 3.63) is 35.1 Å². The highest BCUT2D eigenvalue weighted by Crippen LogP contribution is 2.29. The fourth-order valence-corrected chi connectivity index (χ4v) is 1.58. The first-order valence-corrected chi connectivity index (χ1v) is 4.54. The molecule has 3 nitrogen and oxygen atoms in total. The summed E-state index contributed by atoms with van der Waals surface area (Å²) in [5.41, 5.74) is 0.897. The summed E-state index contributed by atoms with van der Waals surface area (Å²) in [6.07, 6.45) is -2.69. The Labute approximate surface area is 89.3 Å². The van der Waals surface area contributed by atoms with Gasteiger partial charge in [-0.05, 0) is 30.7 Å². The van der Waals surface area contributed by atoms with Gasteiger partial charge in [-0.1, -0.05) is 0 Å². The van der Waals surface area contributed by atoms with Crippen LogP contribution in [0.15, 0.2) is 22.6 Å². The number of rotatable bonds is 2. The Morgan fingerprint density at radius 3 is 2.62 bits per heavy atom. The summed E-state index contributed by atoms with van der Waals surface area (Å²) < 4.78 is 29.7. The molecule has 1 heterocycles. The second kappa shape index (κ2) is 3.59. The van der Waals surface area contributed by atoms with Crippen molar-refractivity contribution in [1.29, 1.82) is 0 Å². The van der Waals surface area contributed by atoms with Crippen LogP contribution in [0, 0.1) is 6.92 Å². The van der Waals surface area contributed by atoms with Gasteiger partial charge in [-0.15, -0.1) is 0 Å². The van der Waals surface area contributed by atoms with E-state index in [1.54, 1.807) is 6.92 Å². The van der Waals surface area contributed by atoms with E-state index in [1.165, 1.54) is 18.2 Å². The lowest BCUT2D eigenvalue weighted by atomic mass is 10.1. The summed E-state index contributed by atoms with van der Waals surface area (Å²) in [6, 6.07) is 3.88. The van der Waals surface area contributed by atoms with Gasteiger partial charge in [-0.2, -0.15) is 0 Å². The highest BCUT2D eigenvalue weighted by molar-refractivity contribution is 5.94. The zero-order chi connectivity index (χ0) is 11.9. The minimum atomic E-state index is -2.69. The van der Waals surface area contributed by atoms with Gasteiger partial charge in [0.05, 0.1) is 5.56 Å². The Morgan fingerprint density at radius 2 is 2.06 bits per heavy atom. The van der Waals surface area contributed by atoms with Crippen molar-refractivity contribution in [2.24, 2.45) is 0 Å². The second-order valence-electron chi connectivity index (χ2n) is 3.47. The van der Waals surface area contributed by atoms with E-state index in [2.05, 4.69) is 0 Å². The molecule has 0 aliphatic heterocycles. The van der Waals surface area contributed by atoms with E-state index < -0.39 is 18.2 Å². The lowest BCUT2D eigenvalue weighted by molar-refractivity contribution is 0.0697. The first kappa shape index (κ1) is 10.6. The molecule has 0 aliphatic carbocycles. The predicted molar refractivity (Wildman–Crippen MR) is 52.9 cm³/mol. The number of carboxylic acids is 1. The number of aromatic carboxylic acids is 1. The van der Waals surface area contributed by atoms with Gasteiger partial charge in [-0.3, -0.25) is 0 Å². The Morgan fingerprint density at radius 1 is 1.38 bits per heavy atom. The molecule has 0 radical (unpaired) electrons. The molecule has 0 saturated heterocycles. The smallest absolute Gasteiger partial charge is 0.335 e. The van der Waals surface area contributed by atoms with Crippen molar-refractivity contribution in [3.63, 3.8) is 0 Å². The van der Waals surface area contributed by atoms with Gasteiger partial charge in [-0.25, -0.2) is 13.6 Å². The maximum absolute atomic E-state index is 12.4. The molecule has 1 aromatic heterocycles. The van der Waals surface area contributed by atoms with Crippen LogP contribution in [0.4, 0.5) is 8.78 Å². The van der Waals surface area contributed by atoms with Crippen molar-refractivity contribution < 1.29 is 23.1 Å². The molecule has 5 heteroatoms. The van der Waals surface area contributed by atoms with Crippen molar-refractivity contribution in [2.45, 2.75) is 13.3 Å². The Bertz CT molecular complexity index is 558. The van der Waals surface area contributed by atoms with Crippen LogP contribution in [-0.2, 0) is 0 Å². The van der Waals surface area contributed by atoms with E-state index in [1.807, 2.05) is 0 Å². The number of furan rings is 1. The molecule has 0 bridgehead atoms. The molecule has 0 amide bonds. The normalized spacial score (nSPS) is 11.2. The molecule has 0 atom stereocenters. The fraction of sp³-hybridized carbons (Fsp3) is 0.182. The van der Waals surface area contributed by atoms with Crippen LogP contribution in [0.5, 0.6) is 0 Å². The summed E-state index contributed by atoms with van der Waals surface area (Å²) in [5.74, 6) is -1.54. The highest BCUT2D eigenvalue weighted by Gasteiger charge is 2.16. The van der Waals surface area contributed by atoms with Crippen LogP contribution in [0.1, 0.15) is 28.1 Å². The maximum atomic E-state index is 12.4. The molecule has 84 valence electrons. The zero-order valence-corrected chi connectivity index (χ0v) is 8.33. The van der Waals surface area contributed by atoms with Gasteiger partial charge in [0.1, 0.15) is 5.58 Å². The van der Waals surface area contributed by atoms with Crippen molar-refractivity contribution >= 4 is 16.9 Å². The SMILES string of the molecule is Cc1cc(C(=O)O)cc2cc(C(F)F)oc12. The Balaban J connectivity index is 2.68. The Kier molecular flexibility index (Phi) is 2.38. The van der Waals surface area contributed by atoms with Gasteiger partial charge in [0.25, 0.3) is 6.43 Å². The first-order chi connectivity index (χ1) is 7.49. The van der Waals surface area contributed by atoms with Crippen LogP contribution in [0.3, 0.4) is 0 Å². The zero-order valence-electron chi connectivity index (χ0n) is 8.33. The summed E-state index contributed by atoms with van der Waals surface area (Å²) in [7, 11) is 0. The molecule has 0 saturated carbocycles. The van der Waals surface area contributed by atoms with Gasteiger partial charge in [0.2, 0.25) is 0 Å². The number of halogens is 2. The molecule has 1 aromatic carbocycles. The molecule has 0 unspecified atom stereocenters. The van der Waals surface area contributed by atoms with Gasteiger partial charge < -0.3 is 9.52 Å². The van der Waals surface area contributed by atoms with E-state index in [0.717, 1.165) is 0 Å². The number of benzene rings is 1. The van der Waals surface area contributed by atoms with Crippen LogP contribution in [-0.4, -0.2) is 11.1 Å². The maximum Gasteiger partial charge on any atom is 0.335 e. The van der Waals surface area contributed by atoms with E-state index in [-0.39, 0.29) is 5.56 Å².